The highest BCUT2D eigenvalue weighted by atomic mass is 32.2. The van der Waals surface area contributed by atoms with E-state index in [0.717, 1.165) is 11.1 Å². The highest BCUT2D eigenvalue weighted by molar-refractivity contribution is 7.89. The number of nitrogens with one attached hydrogen (secondary N) is 3. The summed E-state index contributed by atoms with van der Waals surface area (Å²) < 4.78 is 40.0. The van der Waals surface area contributed by atoms with Crippen molar-refractivity contribution < 1.29 is 12.8 Å². The molecule has 140 valence electrons. The van der Waals surface area contributed by atoms with E-state index >= 15 is 0 Å². The lowest BCUT2D eigenvalue weighted by atomic mass is 10.2. The van der Waals surface area contributed by atoms with Gasteiger partial charge in [0.2, 0.25) is 10.0 Å². The van der Waals surface area contributed by atoms with Crippen LogP contribution in [-0.4, -0.2) is 34.5 Å². The standard InChI is InChI=1S/C18H23FN4O2S/c1-14-6-8-17(9-7-14)26(24,25)23-11-10-21-18(20-2)22-13-15-4-3-5-16(19)12-15/h3-9,12,23H,10-11,13H2,1-2H3,(H2,20,21,22). The average molecular weight is 378 g/mol. The Labute approximate surface area is 153 Å². The zero-order valence-corrected chi connectivity index (χ0v) is 15.6. The predicted octanol–water partition coefficient (Wildman–Crippen LogP) is 1.78. The van der Waals surface area contributed by atoms with E-state index in [1.807, 2.05) is 6.92 Å². The second kappa shape index (κ2) is 9.30. The van der Waals surface area contributed by atoms with E-state index in [2.05, 4.69) is 20.3 Å². The number of hydrogen-bond donors (Lipinski definition) is 3. The van der Waals surface area contributed by atoms with Crippen molar-refractivity contribution in [2.24, 2.45) is 4.99 Å². The number of hydrogen-bond acceptors (Lipinski definition) is 3. The van der Waals surface area contributed by atoms with Crippen LogP contribution in [0.4, 0.5) is 4.39 Å². The SMILES string of the molecule is CN=C(NCCNS(=O)(=O)c1ccc(C)cc1)NCc1cccc(F)c1. The molecule has 0 aliphatic carbocycles. The summed E-state index contributed by atoms with van der Waals surface area (Å²) in [5.74, 6) is 0.210. The van der Waals surface area contributed by atoms with E-state index in [1.54, 1.807) is 43.4 Å². The Morgan fingerprint density at radius 3 is 2.46 bits per heavy atom. The van der Waals surface area contributed by atoms with Crippen molar-refractivity contribution in [3.05, 3.63) is 65.5 Å². The molecule has 2 aromatic rings. The van der Waals surface area contributed by atoms with E-state index < -0.39 is 10.0 Å². The van der Waals surface area contributed by atoms with Gasteiger partial charge in [0.1, 0.15) is 5.82 Å². The lowest BCUT2D eigenvalue weighted by molar-refractivity contribution is 0.580. The van der Waals surface area contributed by atoms with Gasteiger partial charge in [0.15, 0.2) is 5.96 Å². The Bertz CT molecular complexity index is 852. The monoisotopic (exact) mass is 378 g/mol. The summed E-state index contributed by atoms with van der Waals surface area (Å²) in [5.41, 5.74) is 1.78. The molecule has 0 saturated heterocycles. The van der Waals surface area contributed by atoms with Crippen LogP contribution in [0.2, 0.25) is 0 Å². The van der Waals surface area contributed by atoms with Crippen molar-refractivity contribution in [3.8, 4) is 0 Å². The lowest BCUT2D eigenvalue weighted by Gasteiger charge is -2.12. The van der Waals surface area contributed by atoms with Crippen LogP contribution in [0.3, 0.4) is 0 Å². The highest BCUT2D eigenvalue weighted by Crippen LogP contribution is 2.09. The smallest absolute Gasteiger partial charge is 0.240 e. The van der Waals surface area contributed by atoms with Crippen LogP contribution in [0, 0.1) is 12.7 Å². The van der Waals surface area contributed by atoms with Gasteiger partial charge in [-0.05, 0) is 36.8 Å². The van der Waals surface area contributed by atoms with E-state index in [1.165, 1.54) is 12.1 Å². The first-order chi connectivity index (χ1) is 12.4. The molecule has 0 spiro atoms. The summed E-state index contributed by atoms with van der Waals surface area (Å²) in [6.07, 6.45) is 0. The molecule has 3 N–H and O–H groups in total. The van der Waals surface area contributed by atoms with Gasteiger partial charge in [-0.1, -0.05) is 29.8 Å². The molecule has 0 saturated carbocycles. The number of aliphatic imine (C=N–C) groups is 1. The number of benzene rings is 2. The molecular formula is C18H23FN4O2S. The van der Waals surface area contributed by atoms with Crippen LogP contribution in [0.25, 0.3) is 0 Å². The third-order valence-electron chi connectivity index (χ3n) is 3.61. The van der Waals surface area contributed by atoms with Crippen molar-refractivity contribution in [1.82, 2.24) is 15.4 Å². The number of halogens is 1. The molecule has 8 heteroatoms. The summed E-state index contributed by atoms with van der Waals surface area (Å²) in [5, 5.41) is 6.05. The molecular weight excluding hydrogens is 355 g/mol. The van der Waals surface area contributed by atoms with Crippen LogP contribution >= 0.6 is 0 Å². The lowest BCUT2D eigenvalue weighted by Crippen LogP contribution is -2.41. The summed E-state index contributed by atoms with van der Waals surface area (Å²) in [7, 11) is -1.93. The van der Waals surface area contributed by atoms with Crippen LogP contribution < -0.4 is 15.4 Å². The maximum Gasteiger partial charge on any atom is 0.240 e. The summed E-state index contributed by atoms with van der Waals surface area (Å²) in [4.78, 5) is 4.28. The second-order valence-electron chi connectivity index (χ2n) is 5.69. The largest absolute Gasteiger partial charge is 0.355 e. The second-order valence-corrected chi connectivity index (χ2v) is 7.46. The van der Waals surface area contributed by atoms with Crippen LogP contribution in [0.15, 0.2) is 58.4 Å². The maximum absolute atomic E-state index is 13.2. The predicted molar refractivity (Wildman–Crippen MR) is 101 cm³/mol. The minimum atomic E-state index is -3.53. The number of aryl methyl sites for hydroxylation is 1. The van der Waals surface area contributed by atoms with Crippen molar-refractivity contribution in [1.29, 1.82) is 0 Å². The van der Waals surface area contributed by atoms with Crippen LogP contribution in [0.1, 0.15) is 11.1 Å². The van der Waals surface area contributed by atoms with Gasteiger partial charge < -0.3 is 10.6 Å². The van der Waals surface area contributed by atoms with E-state index in [9.17, 15) is 12.8 Å². The number of guanidine groups is 1. The minimum Gasteiger partial charge on any atom is -0.355 e. The molecule has 26 heavy (non-hydrogen) atoms. The van der Waals surface area contributed by atoms with Gasteiger partial charge in [-0.15, -0.1) is 0 Å². The van der Waals surface area contributed by atoms with Gasteiger partial charge in [-0.3, -0.25) is 4.99 Å². The maximum atomic E-state index is 13.2. The molecule has 0 aromatic heterocycles. The first kappa shape index (κ1) is 19.9. The topological polar surface area (TPSA) is 82.6 Å². The first-order valence-corrected chi connectivity index (χ1v) is 9.64. The molecule has 0 amide bonds. The molecule has 2 aromatic carbocycles. The number of sulfonamides is 1. The normalized spacial score (nSPS) is 12.0. The van der Waals surface area contributed by atoms with Gasteiger partial charge >= 0.3 is 0 Å². The molecule has 0 atom stereocenters. The summed E-state index contributed by atoms with van der Waals surface area (Å²) >= 11 is 0. The van der Waals surface area contributed by atoms with Crippen molar-refractivity contribution in [2.75, 3.05) is 20.1 Å². The molecule has 0 bridgehead atoms. The average Bonchev–Trinajstić information content (AvgIpc) is 2.61. The van der Waals surface area contributed by atoms with Gasteiger partial charge in [0, 0.05) is 26.7 Å². The quantitative estimate of drug-likeness (QED) is 0.390. The third-order valence-corrected chi connectivity index (χ3v) is 5.09. The summed E-state index contributed by atoms with van der Waals surface area (Å²) in [6.45, 7) is 2.87. The molecule has 0 fully saturated rings. The summed E-state index contributed by atoms with van der Waals surface area (Å²) in [6, 6.07) is 12.9. The van der Waals surface area contributed by atoms with E-state index in [4.69, 9.17) is 0 Å². The van der Waals surface area contributed by atoms with Gasteiger partial charge in [-0.2, -0.15) is 0 Å². The van der Waals surface area contributed by atoms with Crippen LogP contribution in [0.5, 0.6) is 0 Å². The molecule has 0 aliphatic heterocycles. The van der Waals surface area contributed by atoms with Gasteiger partial charge in [-0.25, -0.2) is 17.5 Å². The molecule has 6 nitrogen and oxygen atoms in total. The molecule has 0 radical (unpaired) electrons. The first-order valence-electron chi connectivity index (χ1n) is 8.16. The highest BCUT2D eigenvalue weighted by Gasteiger charge is 2.12. The Hall–Kier alpha value is -2.45. The minimum absolute atomic E-state index is 0.205. The number of nitrogens with zero attached hydrogens (tertiary/aromatic N) is 1. The Morgan fingerprint density at radius 2 is 1.81 bits per heavy atom. The fourth-order valence-electron chi connectivity index (χ4n) is 2.22. The van der Waals surface area contributed by atoms with Crippen LogP contribution in [-0.2, 0) is 16.6 Å². The zero-order chi connectivity index (χ0) is 19.0. The Balaban J connectivity index is 1.77. The van der Waals surface area contributed by atoms with Crippen molar-refractivity contribution in [3.63, 3.8) is 0 Å². The Morgan fingerprint density at radius 1 is 1.08 bits per heavy atom. The fraction of sp³-hybridized carbons (Fsp3) is 0.278. The van der Waals surface area contributed by atoms with Gasteiger partial charge in [0.05, 0.1) is 4.90 Å². The fourth-order valence-corrected chi connectivity index (χ4v) is 3.25. The molecule has 0 unspecified atom stereocenters. The van der Waals surface area contributed by atoms with Gasteiger partial charge in [0.25, 0.3) is 0 Å². The molecule has 0 heterocycles. The van der Waals surface area contributed by atoms with E-state index in [-0.39, 0.29) is 17.3 Å². The third kappa shape index (κ3) is 6.12. The van der Waals surface area contributed by atoms with Crippen molar-refractivity contribution in [2.45, 2.75) is 18.4 Å². The molecule has 2 rings (SSSR count). The molecule has 0 aliphatic rings. The Kier molecular flexibility index (Phi) is 7.11. The zero-order valence-electron chi connectivity index (χ0n) is 14.8. The van der Waals surface area contributed by atoms with Crippen molar-refractivity contribution >= 4 is 16.0 Å². The van der Waals surface area contributed by atoms with E-state index in [0.29, 0.717) is 19.0 Å². The number of rotatable bonds is 7.